The summed E-state index contributed by atoms with van der Waals surface area (Å²) in [6, 6.07) is 2.85. The number of nitrogens with one attached hydrogen (secondary N) is 2. The van der Waals surface area contributed by atoms with E-state index in [1.165, 1.54) is 17.0 Å². The Balaban J connectivity index is 1.76. The van der Waals surface area contributed by atoms with Gasteiger partial charge in [0.1, 0.15) is 12.1 Å². The molecule has 9 nitrogen and oxygen atoms in total. The van der Waals surface area contributed by atoms with Crippen molar-refractivity contribution in [3.8, 4) is 0 Å². The first kappa shape index (κ1) is 19.5. The average molecular weight is 387 g/mol. The number of hydrogen-bond donors (Lipinski definition) is 3. The molecule has 148 valence electrons. The highest BCUT2D eigenvalue weighted by Crippen LogP contribution is 2.28. The second kappa shape index (κ2) is 7.79. The van der Waals surface area contributed by atoms with Crippen LogP contribution in [0.5, 0.6) is 0 Å². The van der Waals surface area contributed by atoms with Crippen molar-refractivity contribution in [1.29, 1.82) is 0 Å². The smallest absolute Gasteiger partial charge is 0.326 e. The van der Waals surface area contributed by atoms with Crippen LogP contribution < -0.4 is 10.6 Å². The van der Waals surface area contributed by atoms with Gasteiger partial charge in [0.25, 0.3) is 11.8 Å². The molecule has 0 radical (unpaired) electrons. The molecule has 1 unspecified atom stereocenters. The molecule has 1 saturated heterocycles. The molecular weight excluding hydrogens is 366 g/mol. The van der Waals surface area contributed by atoms with Crippen LogP contribution >= 0.6 is 0 Å². The Labute approximate surface area is 161 Å². The van der Waals surface area contributed by atoms with Crippen molar-refractivity contribution in [2.75, 3.05) is 0 Å². The number of carboxylic acids is 1. The Bertz CT molecular complexity index is 865. The van der Waals surface area contributed by atoms with Crippen LogP contribution in [-0.4, -0.2) is 51.7 Å². The lowest BCUT2D eigenvalue weighted by Gasteiger charge is -2.29. The van der Waals surface area contributed by atoms with Gasteiger partial charge in [-0.15, -0.1) is 0 Å². The van der Waals surface area contributed by atoms with Crippen molar-refractivity contribution < 1.29 is 29.1 Å². The number of amides is 4. The molecule has 1 aromatic carbocycles. The summed E-state index contributed by atoms with van der Waals surface area (Å²) in [6.45, 7) is 2.04. The van der Waals surface area contributed by atoms with E-state index >= 15 is 0 Å². The molecule has 3 N–H and O–H groups in total. The maximum atomic E-state index is 12.8. The topological polar surface area (TPSA) is 133 Å². The highest BCUT2D eigenvalue weighted by atomic mass is 16.4. The van der Waals surface area contributed by atoms with Crippen molar-refractivity contribution in [1.82, 2.24) is 15.5 Å². The number of carboxylic acid groups (broad SMARTS) is 1. The largest absolute Gasteiger partial charge is 0.480 e. The van der Waals surface area contributed by atoms with Crippen LogP contribution in [0.15, 0.2) is 18.2 Å². The van der Waals surface area contributed by atoms with Crippen LogP contribution in [0.3, 0.4) is 0 Å². The number of benzene rings is 1. The molecule has 2 atom stereocenters. The molecule has 9 heteroatoms. The maximum Gasteiger partial charge on any atom is 0.326 e. The van der Waals surface area contributed by atoms with Gasteiger partial charge >= 0.3 is 5.97 Å². The van der Waals surface area contributed by atoms with E-state index in [0.717, 1.165) is 0 Å². The lowest BCUT2D eigenvalue weighted by Crippen LogP contribution is -2.52. The summed E-state index contributed by atoms with van der Waals surface area (Å²) in [5.74, 6) is -2.93. The predicted molar refractivity (Wildman–Crippen MR) is 96.3 cm³/mol. The molecule has 0 aliphatic carbocycles. The standard InChI is InChI=1S/C19H21N3O6/c1-2-3-13(19(27)28)20-16(24)10-4-5-11-9-22(18(26)12(11)8-10)14-6-7-15(23)21-17(14)25/h4-5,8,13-14H,2-3,6-7,9H2,1H3,(H,20,24)(H,27,28)(H,21,23,25)/t13-,14?/m1/s1. The van der Waals surface area contributed by atoms with Gasteiger partial charge in [0, 0.05) is 24.1 Å². The molecule has 0 bridgehead atoms. The lowest BCUT2D eigenvalue weighted by molar-refractivity contribution is -0.139. The van der Waals surface area contributed by atoms with Crippen molar-refractivity contribution in [2.45, 2.75) is 51.2 Å². The fraction of sp³-hybridized carbons (Fsp3) is 0.421. The minimum Gasteiger partial charge on any atom is -0.480 e. The molecule has 28 heavy (non-hydrogen) atoms. The second-order valence-electron chi connectivity index (χ2n) is 6.92. The van der Waals surface area contributed by atoms with Crippen LogP contribution in [0.1, 0.15) is 58.9 Å². The third-order valence-corrected chi connectivity index (χ3v) is 4.97. The number of piperidine rings is 1. The predicted octanol–water partition coefficient (Wildman–Crippen LogP) is 0.431. The molecule has 2 heterocycles. The Hall–Kier alpha value is -3.23. The van der Waals surface area contributed by atoms with Gasteiger partial charge in [-0.05, 0) is 30.5 Å². The summed E-state index contributed by atoms with van der Waals surface area (Å²) in [5.41, 5.74) is 1.16. The quantitative estimate of drug-likeness (QED) is 0.606. The van der Waals surface area contributed by atoms with Crippen molar-refractivity contribution in [3.63, 3.8) is 0 Å². The Morgan fingerprint density at radius 2 is 2.07 bits per heavy atom. The van der Waals surface area contributed by atoms with E-state index in [1.54, 1.807) is 6.07 Å². The van der Waals surface area contributed by atoms with Crippen LogP contribution in [0, 0.1) is 0 Å². The number of carbonyl (C=O) groups excluding carboxylic acids is 4. The SMILES string of the molecule is CCC[C@@H](NC(=O)c1ccc2c(c1)C(=O)N(C1CCC(=O)NC1=O)C2)C(=O)O. The third-order valence-electron chi connectivity index (χ3n) is 4.97. The van der Waals surface area contributed by atoms with Gasteiger partial charge in [-0.3, -0.25) is 24.5 Å². The number of aliphatic carboxylic acids is 1. The van der Waals surface area contributed by atoms with Gasteiger partial charge in [-0.2, -0.15) is 0 Å². The summed E-state index contributed by atoms with van der Waals surface area (Å²) in [6.07, 6.45) is 1.32. The van der Waals surface area contributed by atoms with Gasteiger partial charge in [-0.1, -0.05) is 19.4 Å². The van der Waals surface area contributed by atoms with E-state index in [-0.39, 0.29) is 36.8 Å². The molecule has 0 saturated carbocycles. The molecule has 3 rings (SSSR count). The molecular formula is C19H21N3O6. The number of fused-ring (bicyclic) bond motifs is 1. The summed E-state index contributed by atoms with van der Waals surface area (Å²) < 4.78 is 0. The monoisotopic (exact) mass is 387 g/mol. The van der Waals surface area contributed by atoms with Crippen molar-refractivity contribution >= 4 is 29.6 Å². The van der Waals surface area contributed by atoms with Crippen molar-refractivity contribution in [3.05, 3.63) is 34.9 Å². The Morgan fingerprint density at radius 1 is 1.32 bits per heavy atom. The summed E-state index contributed by atoms with van der Waals surface area (Å²) in [4.78, 5) is 61.2. The zero-order chi connectivity index (χ0) is 20.4. The molecule has 1 aromatic rings. The van der Waals surface area contributed by atoms with Gasteiger partial charge in [0.2, 0.25) is 11.8 Å². The van der Waals surface area contributed by atoms with Gasteiger partial charge in [-0.25, -0.2) is 4.79 Å². The number of carbonyl (C=O) groups is 5. The van der Waals surface area contributed by atoms with Crippen LogP contribution in [-0.2, 0) is 20.9 Å². The van der Waals surface area contributed by atoms with E-state index in [1.807, 2.05) is 6.92 Å². The minimum absolute atomic E-state index is 0.165. The van der Waals surface area contributed by atoms with E-state index < -0.39 is 29.9 Å². The minimum atomic E-state index is -1.11. The van der Waals surface area contributed by atoms with Gasteiger partial charge < -0.3 is 15.3 Å². The van der Waals surface area contributed by atoms with Crippen LogP contribution in [0.2, 0.25) is 0 Å². The third kappa shape index (κ3) is 3.73. The Morgan fingerprint density at radius 3 is 2.71 bits per heavy atom. The fourth-order valence-electron chi connectivity index (χ4n) is 3.48. The van der Waals surface area contributed by atoms with Gasteiger partial charge in [0.05, 0.1) is 0 Å². The molecule has 0 aromatic heterocycles. The van der Waals surface area contributed by atoms with Gasteiger partial charge in [0.15, 0.2) is 0 Å². The van der Waals surface area contributed by atoms with Crippen molar-refractivity contribution in [2.24, 2.45) is 0 Å². The normalized spacial score (nSPS) is 19.8. The first-order valence-corrected chi connectivity index (χ1v) is 9.13. The number of imide groups is 1. The number of rotatable bonds is 6. The summed E-state index contributed by atoms with van der Waals surface area (Å²) in [5, 5.41) is 13.9. The lowest BCUT2D eigenvalue weighted by atomic mass is 10.0. The highest BCUT2D eigenvalue weighted by molar-refractivity contribution is 6.06. The Kier molecular flexibility index (Phi) is 5.43. The maximum absolute atomic E-state index is 12.8. The second-order valence-corrected chi connectivity index (χ2v) is 6.92. The fourth-order valence-corrected chi connectivity index (χ4v) is 3.48. The van der Waals surface area contributed by atoms with E-state index in [2.05, 4.69) is 10.6 Å². The first-order chi connectivity index (χ1) is 13.3. The van der Waals surface area contributed by atoms with Crippen LogP contribution in [0.25, 0.3) is 0 Å². The number of hydrogen-bond acceptors (Lipinski definition) is 5. The summed E-state index contributed by atoms with van der Waals surface area (Å²) >= 11 is 0. The molecule has 2 aliphatic rings. The highest BCUT2D eigenvalue weighted by Gasteiger charge is 2.39. The molecule has 4 amide bonds. The van der Waals surface area contributed by atoms with Crippen LogP contribution in [0.4, 0.5) is 0 Å². The van der Waals surface area contributed by atoms with E-state index in [9.17, 15) is 29.1 Å². The summed E-state index contributed by atoms with van der Waals surface area (Å²) in [7, 11) is 0. The first-order valence-electron chi connectivity index (χ1n) is 9.13. The van der Waals surface area contributed by atoms with E-state index in [4.69, 9.17) is 0 Å². The average Bonchev–Trinajstić information content (AvgIpc) is 2.97. The zero-order valence-corrected chi connectivity index (χ0v) is 15.4. The zero-order valence-electron chi connectivity index (χ0n) is 15.4. The number of nitrogens with zero attached hydrogens (tertiary/aromatic N) is 1. The van der Waals surface area contributed by atoms with E-state index in [0.29, 0.717) is 24.0 Å². The molecule has 1 fully saturated rings. The molecule has 2 aliphatic heterocycles. The molecule has 0 spiro atoms.